The minimum Gasteiger partial charge on any atom is -0.480 e. The lowest BCUT2D eigenvalue weighted by atomic mass is 9.77. The number of thiophene rings is 1. The number of halogens is 1. The van der Waals surface area contributed by atoms with Gasteiger partial charge in [0.2, 0.25) is 0 Å². The maximum absolute atomic E-state index is 12.3. The van der Waals surface area contributed by atoms with Gasteiger partial charge in [-0.3, -0.25) is 4.79 Å². The zero-order valence-corrected chi connectivity index (χ0v) is 13.1. The fourth-order valence-corrected chi connectivity index (χ4v) is 3.68. The Balaban J connectivity index is 2.19. The van der Waals surface area contributed by atoms with Crippen LogP contribution < -0.4 is 5.32 Å². The van der Waals surface area contributed by atoms with Gasteiger partial charge in [0.1, 0.15) is 10.4 Å². The van der Waals surface area contributed by atoms with E-state index < -0.39 is 11.5 Å². The number of rotatable bonds is 3. The maximum atomic E-state index is 12.3. The molecule has 0 bridgehead atoms. The summed E-state index contributed by atoms with van der Waals surface area (Å²) in [5.41, 5.74) is -0.311. The van der Waals surface area contributed by atoms with E-state index in [2.05, 4.69) is 12.2 Å². The second-order valence-corrected chi connectivity index (χ2v) is 6.84. The molecule has 2 N–H and O–H groups in total. The third-order valence-electron chi connectivity index (χ3n) is 4.00. The van der Waals surface area contributed by atoms with Crippen LogP contribution in [0.15, 0.2) is 5.38 Å². The SMILES string of the molecule is Cc1csc(C(=O)NC2(C(=O)O)CCC(C)CC2)c1Cl. The van der Waals surface area contributed by atoms with E-state index in [1.807, 2.05) is 6.92 Å². The molecule has 0 spiro atoms. The zero-order chi connectivity index (χ0) is 14.9. The number of amides is 1. The Labute approximate surface area is 127 Å². The molecule has 1 aromatic heterocycles. The van der Waals surface area contributed by atoms with Gasteiger partial charge < -0.3 is 10.4 Å². The van der Waals surface area contributed by atoms with Gasteiger partial charge in [-0.05, 0) is 49.5 Å². The third kappa shape index (κ3) is 2.83. The van der Waals surface area contributed by atoms with E-state index in [9.17, 15) is 14.7 Å². The summed E-state index contributed by atoms with van der Waals surface area (Å²) in [5.74, 6) is -0.834. The molecule has 0 atom stereocenters. The lowest BCUT2D eigenvalue weighted by molar-refractivity contribution is -0.146. The quantitative estimate of drug-likeness (QED) is 0.897. The summed E-state index contributed by atoms with van der Waals surface area (Å²) in [7, 11) is 0. The van der Waals surface area contributed by atoms with Crippen LogP contribution >= 0.6 is 22.9 Å². The summed E-state index contributed by atoms with van der Waals surface area (Å²) in [6.45, 7) is 3.93. The number of carboxylic acids is 1. The number of hydrogen-bond acceptors (Lipinski definition) is 3. The second kappa shape index (κ2) is 5.74. The van der Waals surface area contributed by atoms with Crippen LogP contribution in [0.5, 0.6) is 0 Å². The monoisotopic (exact) mass is 315 g/mol. The molecule has 0 aliphatic heterocycles. The largest absolute Gasteiger partial charge is 0.480 e. The van der Waals surface area contributed by atoms with Gasteiger partial charge in [0.25, 0.3) is 5.91 Å². The van der Waals surface area contributed by atoms with Gasteiger partial charge in [-0.25, -0.2) is 4.79 Å². The molecule has 110 valence electrons. The Morgan fingerprint density at radius 3 is 2.50 bits per heavy atom. The molecule has 1 aliphatic rings. The van der Waals surface area contributed by atoms with Crippen LogP contribution in [0.3, 0.4) is 0 Å². The number of carboxylic acid groups (broad SMARTS) is 1. The molecule has 20 heavy (non-hydrogen) atoms. The van der Waals surface area contributed by atoms with Crippen LogP contribution in [0, 0.1) is 12.8 Å². The van der Waals surface area contributed by atoms with E-state index in [1.165, 1.54) is 11.3 Å². The van der Waals surface area contributed by atoms with E-state index in [-0.39, 0.29) is 5.91 Å². The minimum atomic E-state index is -1.15. The maximum Gasteiger partial charge on any atom is 0.329 e. The van der Waals surface area contributed by atoms with Crippen LogP contribution in [0.25, 0.3) is 0 Å². The van der Waals surface area contributed by atoms with Crippen molar-refractivity contribution in [3.63, 3.8) is 0 Å². The Kier molecular flexibility index (Phi) is 4.39. The van der Waals surface area contributed by atoms with Gasteiger partial charge in [-0.15, -0.1) is 11.3 Å². The summed E-state index contributed by atoms with van der Waals surface area (Å²) in [4.78, 5) is 24.3. The molecular formula is C14H18ClNO3S. The predicted octanol–water partition coefficient (Wildman–Crippen LogP) is 3.47. The lowest BCUT2D eigenvalue weighted by Gasteiger charge is -2.36. The molecule has 1 aromatic rings. The van der Waals surface area contributed by atoms with Crippen molar-refractivity contribution in [2.75, 3.05) is 0 Å². The van der Waals surface area contributed by atoms with Crippen molar-refractivity contribution in [1.29, 1.82) is 0 Å². The van der Waals surface area contributed by atoms with E-state index in [1.54, 1.807) is 5.38 Å². The van der Waals surface area contributed by atoms with Gasteiger partial charge in [-0.2, -0.15) is 0 Å². The van der Waals surface area contributed by atoms with Crippen molar-refractivity contribution in [3.05, 3.63) is 20.8 Å². The first kappa shape index (κ1) is 15.3. The van der Waals surface area contributed by atoms with Crippen molar-refractivity contribution >= 4 is 34.8 Å². The molecule has 1 fully saturated rings. The van der Waals surface area contributed by atoms with Gasteiger partial charge in [0.15, 0.2) is 0 Å². The molecule has 0 radical (unpaired) electrons. The van der Waals surface area contributed by atoms with Crippen molar-refractivity contribution in [2.24, 2.45) is 5.92 Å². The highest BCUT2D eigenvalue weighted by molar-refractivity contribution is 7.13. The first-order chi connectivity index (χ1) is 9.35. The van der Waals surface area contributed by atoms with Crippen LogP contribution in [0.4, 0.5) is 0 Å². The van der Waals surface area contributed by atoms with Crippen LogP contribution in [0.2, 0.25) is 5.02 Å². The van der Waals surface area contributed by atoms with Crippen LogP contribution in [-0.2, 0) is 4.79 Å². The van der Waals surface area contributed by atoms with Crippen molar-refractivity contribution in [3.8, 4) is 0 Å². The zero-order valence-electron chi connectivity index (χ0n) is 11.5. The van der Waals surface area contributed by atoms with E-state index in [4.69, 9.17) is 11.6 Å². The molecular weight excluding hydrogens is 298 g/mol. The second-order valence-electron chi connectivity index (χ2n) is 5.59. The first-order valence-corrected chi connectivity index (χ1v) is 7.91. The minimum absolute atomic E-state index is 0.384. The van der Waals surface area contributed by atoms with E-state index in [0.29, 0.717) is 28.7 Å². The Morgan fingerprint density at radius 2 is 2.05 bits per heavy atom. The number of aliphatic carboxylic acids is 1. The predicted molar refractivity (Wildman–Crippen MR) is 79.5 cm³/mol. The standard InChI is InChI=1S/C14H18ClNO3S/c1-8-3-5-14(6-4-8,13(18)19)16-12(17)11-10(15)9(2)7-20-11/h7-8H,3-6H2,1-2H3,(H,16,17)(H,18,19). The summed E-state index contributed by atoms with van der Waals surface area (Å²) in [6, 6.07) is 0. The molecule has 1 aliphatic carbocycles. The fraction of sp³-hybridized carbons (Fsp3) is 0.571. The van der Waals surface area contributed by atoms with Crippen LogP contribution in [-0.4, -0.2) is 22.5 Å². The van der Waals surface area contributed by atoms with E-state index in [0.717, 1.165) is 18.4 Å². The Hall–Kier alpha value is -1.07. The molecule has 1 amide bonds. The average Bonchev–Trinajstić information content (AvgIpc) is 2.73. The molecule has 0 aromatic carbocycles. The fourth-order valence-electron chi connectivity index (χ4n) is 2.50. The number of nitrogens with one attached hydrogen (secondary N) is 1. The molecule has 4 nitrogen and oxygen atoms in total. The summed E-state index contributed by atoms with van der Waals surface area (Å²) < 4.78 is 0. The molecule has 2 rings (SSSR count). The highest BCUT2D eigenvalue weighted by atomic mass is 35.5. The lowest BCUT2D eigenvalue weighted by Crippen LogP contribution is -2.56. The van der Waals surface area contributed by atoms with Gasteiger partial charge in [0, 0.05) is 0 Å². The Morgan fingerprint density at radius 1 is 1.45 bits per heavy atom. The molecule has 1 saturated carbocycles. The van der Waals surface area contributed by atoms with Gasteiger partial charge in [-0.1, -0.05) is 18.5 Å². The number of carbonyl (C=O) groups is 2. The summed E-state index contributed by atoms with van der Waals surface area (Å²) in [6.07, 6.45) is 2.56. The van der Waals surface area contributed by atoms with Crippen molar-refractivity contribution < 1.29 is 14.7 Å². The molecule has 0 saturated heterocycles. The van der Waals surface area contributed by atoms with Gasteiger partial charge >= 0.3 is 5.97 Å². The number of hydrogen-bond donors (Lipinski definition) is 2. The third-order valence-corrected chi connectivity index (χ3v) is 5.69. The highest BCUT2D eigenvalue weighted by Gasteiger charge is 2.43. The summed E-state index contributed by atoms with van der Waals surface area (Å²) in [5, 5.41) is 14.4. The molecule has 1 heterocycles. The average molecular weight is 316 g/mol. The normalized spacial score (nSPS) is 26.2. The Bertz CT molecular complexity index is 533. The number of aryl methyl sites for hydroxylation is 1. The smallest absolute Gasteiger partial charge is 0.329 e. The van der Waals surface area contributed by atoms with Crippen molar-refractivity contribution in [1.82, 2.24) is 5.32 Å². The topological polar surface area (TPSA) is 66.4 Å². The van der Waals surface area contributed by atoms with Crippen LogP contribution in [0.1, 0.15) is 47.8 Å². The molecule has 6 heteroatoms. The summed E-state index contributed by atoms with van der Waals surface area (Å²) >= 11 is 7.32. The first-order valence-electron chi connectivity index (χ1n) is 6.65. The van der Waals surface area contributed by atoms with Gasteiger partial charge in [0.05, 0.1) is 5.02 Å². The van der Waals surface area contributed by atoms with E-state index >= 15 is 0 Å². The highest BCUT2D eigenvalue weighted by Crippen LogP contribution is 2.34. The number of carbonyl (C=O) groups excluding carboxylic acids is 1. The van der Waals surface area contributed by atoms with Crippen molar-refractivity contribution in [2.45, 2.75) is 45.1 Å². The molecule has 0 unspecified atom stereocenters.